The zero-order chi connectivity index (χ0) is 17.0. The van der Waals surface area contributed by atoms with Crippen LogP contribution < -0.4 is 15.2 Å². The summed E-state index contributed by atoms with van der Waals surface area (Å²) in [6.45, 7) is 3.84. The molecule has 0 bridgehead atoms. The molecule has 0 aliphatic rings. The quantitative estimate of drug-likeness (QED) is 0.533. The van der Waals surface area contributed by atoms with Gasteiger partial charge in [0.05, 0.1) is 16.9 Å². The van der Waals surface area contributed by atoms with Crippen LogP contribution in [0.5, 0.6) is 5.75 Å². The van der Waals surface area contributed by atoms with Gasteiger partial charge in [0, 0.05) is 24.2 Å². The molecule has 0 atom stereocenters. The van der Waals surface area contributed by atoms with Crippen molar-refractivity contribution in [1.29, 1.82) is 0 Å². The van der Waals surface area contributed by atoms with Crippen LogP contribution >= 0.6 is 12.4 Å². The second-order valence-corrected chi connectivity index (χ2v) is 6.57. The molecule has 1 rings (SSSR count). The molecule has 8 nitrogen and oxygen atoms in total. The van der Waals surface area contributed by atoms with E-state index in [1.54, 1.807) is 0 Å². The van der Waals surface area contributed by atoms with Crippen LogP contribution in [0.2, 0.25) is 0 Å². The fourth-order valence-electron chi connectivity index (χ4n) is 2.04. The average molecular weight is 368 g/mol. The summed E-state index contributed by atoms with van der Waals surface area (Å²) in [6, 6.07) is 3.41. The molecule has 0 spiro atoms. The molecular formula is C13H22ClN3O5S. The van der Waals surface area contributed by atoms with Crippen molar-refractivity contribution in [3.63, 3.8) is 0 Å². The van der Waals surface area contributed by atoms with Crippen molar-refractivity contribution in [2.45, 2.75) is 37.1 Å². The van der Waals surface area contributed by atoms with E-state index < -0.39 is 20.5 Å². The summed E-state index contributed by atoms with van der Waals surface area (Å²) in [5.41, 5.74) is 4.66. The van der Waals surface area contributed by atoms with Gasteiger partial charge in [0.2, 0.25) is 10.0 Å². The lowest BCUT2D eigenvalue weighted by Crippen LogP contribution is -2.52. The number of nitro groups is 1. The van der Waals surface area contributed by atoms with Gasteiger partial charge < -0.3 is 10.5 Å². The van der Waals surface area contributed by atoms with Crippen LogP contribution in [0.15, 0.2) is 23.1 Å². The average Bonchev–Trinajstić information content (AvgIpc) is 2.51. The fourth-order valence-corrected chi connectivity index (χ4v) is 3.61. The second kappa shape index (κ2) is 8.44. The maximum absolute atomic E-state index is 12.5. The largest absolute Gasteiger partial charge is 0.490 e. The van der Waals surface area contributed by atoms with Crippen molar-refractivity contribution in [1.82, 2.24) is 4.72 Å². The number of nitrogens with zero attached hydrogens (tertiary/aromatic N) is 1. The summed E-state index contributed by atoms with van der Waals surface area (Å²) in [4.78, 5) is 10.1. The lowest BCUT2D eigenvalue weighted by Gasteiger charge is -2.31. The molecule has 0 radical (unpaired) electrons. The Morgan fingerprint density at radius 1 is 1.35 bits per heavy atom. The van der Waals surface area contributed by atoms with Crippen LogP contribution in [0.3, 0.4) is 0 Å². The molecule has 132 valence electrons. The van der Waals surface area contributed by atoms with E-state index in [0.29, 0.717) is 12.8 Å². The number of nitrogens with one attached hydrogen (secondary N) is 1. The minimum absolute atomic E-state index is 0. The molecule has 0 aliphatic carbocycles. The molecule has 10 heteroatoms. The van der Waals surface area contributed by atoms with Crippen molar-refractivity contribution in [3.05, 3.63) is 28.3 Å². The molecule has 0 fully saturated rings. The van der Waals surface area contributed by atoms with E-state index in [-0.39, 0.29) is 35.3 Å². The minimum atomic E-state index is -3.86. The Kier molecular flexibility index (Phi) is 7.92. The normalized spacial score (nSPS) is 11.7. The van der Waals surface area contributed by atoms with E-state index in [9.17, 15) is 18.5 Å². The minimum Gasteiger partial charge on any atom is -0.490 e. The molecule has 1 aromatic carbocycles. The molecule has 0 saturated heterocycles. The van der Waals surface area contributed by atoms with E-state index in [0.717, 1.165) is 12.1 Å². The van der Waals surface area contributed by atoms with E-state index in [4.69, 9.17) is 10.5 Å². The highest BCUT2D eigenvalue weighted by molar-refractivity contribution is 7.89. The Bertz CT molecular complexity index is 639. The maximum atomic E-state index is 12.5. The smallest absolute Gasteiger partial charge is 0.310 e. The second-order valence-electron chi connectivity index (χ2n) is 4.89. The Hall–Kier alpha value is -1.42. The van der Waals surface area contributed by atoms with Gasteiger partial charge in [0.15, 0.2) is 5.75 Å². The van der Waals surface area contributed by atoms with Gasteiger partial charge in [-0.25, -0.2) is 13.1 Å². The van der Waals surface area contributed by atoms with Gasteiger partial charge in [-0.2, -0.15) is 0 Å². The monoisotopic (exact) mass is 367 g/mol. The van der Waals surface area contributed by atoms with Crippen LogP contribution in [0.4, 0.5) is 5.69 Å². The van der Waals surface area contributed by atoms with Crippen LogP contribution in [0.25, 0.3) is 0 Å². The number of ether oxygens (including phenoxy) is 1. The molecule has 0 aromatic heterocycles. The van der Waals surface area contributed by atoms with E-state index in [2.05, 4.69) is 4.72 Å². The Labute approximate surface area is 142 Å². The summed E-state index contributed by atoms with van der Waals surface area (Å²) in [7, 11) is -2.62. The highest BCUT2D eigenvalue weighted by Gasteiger charge is 2.31. The van der Waals surface area contributed by atoms with Crippen LogP contribution in [0.1, 0.15) is 26.7 Å². The van der Waals surface area contributed by atoms with Gasteiger partial charge >= 0.3 is 5.69 Å². The van der Waals surface area contributed by atoms with E-state index in [1.165, 1.54) is 13.2 Å². The molecule has 3 N–H and O–H groups in total. The maximum Gasteiger partial charge on any atom is 0.310 e. The Morgan fingerprint density at radius 2 is 1.91 bits per heavy atom. The van der Waals surface area contributed by atoms with Crippen LogP contribution in [-0.2, 0) is 10.0 Å². The lowest BCUT2D eigenvalue weighted by molar-refractivity contribution is -0.385. The number of sulfonamides is 1. The van der Waals surface area contributed by atoms with Crippen LogP contribution in [0, 0.1) is 10.1 Å². The Morgan fingerprint density at radius 3 is 2.30 bits per heavy atom. The highest BCUT2D eigenvalue weighted by atomic mass is 35.5. The van der Waals surface area contributed by atoms with Crippen molar-refractivity contribution in [3.8, 4) is 5.75 Å². The van der Waals surface area contributed by atoms with Crippen molar-refractivity contribution in [2.75, 3.05) is 13.7 Å². The molecular weight excluding hydrogens is 346 g/mol. The van der Waals surface area contributed by atoms with Crippen molar-refractivity contribution >= 4 is 28.1 Å². The van der Waals surface area contributed by atoms with Crippen molar-refractivity contribution in [2.24, 2.45) is 5.73 Å². The third-order valence-corrected chi connectivity index (χ3v) is 5.33. The number of hydrogen-bond donors (Lipinski definition) is 2. The first kappa shape index (κ1) is 21.6. The highest BCUT2D eigenvalue weighted by Crippen LogP contribution is 2.30. The standard InChI is InChI=1S/C13H21N3O5S.ClH/c1-4-13(5-2,9-14)15-22(19,20)10-6-7-11(16(17)18)12(8-10)21-3;/h6-8,15H,4-5,9,14H2,1-3H3;1H. The SMILES string of the molecule is CCC(CC)(CN)NS(=O)(=O)c1ccc([N+](=O)[O-])c(OC)c1.Cl. The van der Waals surface area contributed by atoms with Gasteiger partial charge in [-0.1, -0.05) is 13.8 Å². The zero-order valence-electron chi connectivity index (χ0n) is 13.2. The Balaban J connectivity index is 0.00000484. The van der Waals surface area contributed by atoms with Gasteiger partial charge in [-0.05, 0) is 18.9 Å². The molecule has 0 aliphatic heterocycles. The van der Waals surface area contributed by atoms with Gasteiger partial charge in [-0.15, -0.1) is 12.4 Å². The predicted octanol–water partition coefficient (Wildman–Crippen LogP) is 1.82. The van der Waals surface area contributed by atoms with Gasteiger partial charge in [0.25, 0.3) is 0 Å². The third kappa shape index (κ3) is 4.77. The van der Waals surface area contributed by atoms with E-state index in [1.807, 2.05) is 13.8 Å². The molecule has 0 heterocycles. The first-order chi connectivity index (χ1) is 10.2. The summed E-state index contributed by atoms with van der Waals surface area (Å²) in [5.74, 6) is -0.112. The number of nitro benzene ring substituents is 1. The lowest BCUT2D eigenvalue weighted by atomic mass is 9.95. The van der Waals surface area contributed by atoms with E-state index >= 15 is 0 Å². The van der Waals surface area contributed by atoms with Gasteiger partial charge in [0.1, 0.15) is 0 Å². The first-order valence-electron chi connectivity index (χ1n) is 6.81. The molecule has 0 saturated carbocycles. The zero-order valence-corrected chi connectivity index (χ0v) is 14.9. The number of nitrogens with two attached hydrogens (primary N) is 1. The topological polar surface area (TPSA) is 125 Å². The number of hydrogen-bond acceptors (Lipinski definition) is 6. The number of halogens is 1. The van der Waals surface area contributed by atoms with Gasteiger partial charge in [-0.3, -0.25) is 10.1 Å². The number of methoxy groups -OCH3 is 1. The van der Waals surface area contributed by atoms with Crippen LogP contribution in [-0.4, -0.2) is 32.5 Å². The first-order valence-corrected chi connectivity index (χ1v) is 8.30. The summed E-state index contributed by atoms with van der Waals surface area (Å²) in [6.07, 6.45) is 1.06. The summed E-state index contributed by atoms with van der Waals surface area (Å²) in [5, 5.41) is 10.9. The molecule has 0 amide bonds. The molecule has 0 unspecified atom stereocenters. The summed E-state index contributed by atoms with van der Waals surface area (Å²) >= 11 is 0. The van der Waals surface area contributed by atoms with Crippen molar-refractivity contribution < 1.29 is 18.1 Å². The number of benzene rings is 1. The summed E-state index contributed by atoms with van der Waals surface area (Å²) < 4.78 is 32.5. The number of rotatable bonds is 8. The fraction of sp³-hybridized carbons (Fsp3) is 0.538. The molecule has 1 aromatic rings. The predicted molar refractivity (Wildman–Crippen MR) is 89.6 cm³/mol. The molecule has 23 heavy (non-hydrogen) atoms. The third-order valence-electron chi connectivity index (χ3n) is 3.75.